The molecule has 15 heavy (non-hydrogen) atoms. The van der Waals surface area contributed by atoms with Gasteiger partial charge in [-0.3, -0.25) is 14.5 Å². The third-order valence-electron chi connectivity index (χ3n) is 2.76. The minimum Gasteiger partial charge on any atom is -0.328 e. The highest BCUT2D eigenvalue weighted by atomic mass is 16.2. The Balaban J connectivity index is 2.27. The summed E-state index contributed by atoms with van der Waals surface area (Å²) in [6.07, 6.45) is 3.17. The molecule has 0 aromatic rings. The predicted octanol–water partition coefficient (Wildman–Crippen LogP) is 0.899. The normalized spacial score (nSPS) is 23.7. The number of nitrogens with two attached hydrogens (primary N) is 1. The van der Waals surface area contributed by atoms with Gasteiger partial charge in [0.05, 0.1) is 0 Å². The van der Waals surface area contributed by atoms with E-state index in [9.17, 15) is 9.59 Å². The number of carbonyl (C=O) groups excluding carboxylic acids is 2. The van der Waals surface area contributed by atoms with Crippen LogP contribution in [-0.4, -0.2) is 29.3 Å². The van der Waals surface area contributed by atoms with Crippen LogP contribution in [0.3, 0.4) is 0 Å². The molecule has 1 saturated heterocycles. The van der Waals surface area contributed by atoms with Crippen molar-refractivity contribution in [2.75, 3.05) is 6.54 Å². The fourth-order valence-corrected chi connectivity index (χ4v) is 1.82. The summed E-state index contributed by atoms with van der Waals surface area (Å²) in [4.78, 5) is 24.3. The van der Waals surface area contributed by atoms with Crippen LogP contribution in [0.25, 0.3) is 0 Å². The summed E-state index contributed by atoms with van der Waals surface area (Å²) in [7, 11) is 0. The van der Waals surface area contributed by atoms with Crippen molar-refractivity contribution in [3.05, 3.63) is 0 Å². The molecule has 4 nitrogen and oxygen atoms in total. The van der Waals surface area contributed by atoms with E-state index in [-0.39, 0.29) is 23.8 Å². The first-order chi connectivity index (χ1) is 7.02. The van der Waals surface area contributed by atoms with Gasteiger partial charge in [-0.05, 0) is 19.8 Å². The Labute approximate surface area is 90.8 Å². The van der Waals surface area contributed by atoms with Crippen molar-refractivity contribution in [2.45, 2.75) is 45.6 Å². The van der Waals surface area contributed by atoms with Crippen molar-refractivity contribution < 1.29 is 9.59 Å². The Bertz CT molecular complexity index is 251. The summed E-state index contributed by atoms with van der Waals surface area (Å²) in [6, 6.07) is 0.203. The maximum Gasteiger partial charge on any atom is 0.232 e. The van der Waals surface area contributed by atoms with E-state index >= 15 is 0 Å². The van der Waals surface area contributed by atoms with Crippen LogP contribution in [0.15, 0.2) is 0 Å². The molecule has 0 aromatic heterocycles. The summed E-state index contributed by atoms with van der Waals surface area (Å²) in [6.45, 7) is 4.34. The van der Waals surface area contributed by atoms with Gasteiger partial charge in [0, 0.05) is 24.9 Å². The molecule has 2 unspecified atom stereocenters. The predicted molar refractivity (Wildman–Crippen MR) is 58.0 cm³/mol. The van der Waals surface area contributed by atoms with E-state index in [1.54, 1.807) is 0 Å². The number of imide groups is 1. The zero-order valence-electron chi connectivity index (χ0n) is 9.53. The topological polar surface area (TPSA) is 63.4 Å². The Hall–Kier alpha value is -0.900. The molecule has 1 fully saturated rings. The zero-order chi connectivity index (χ0) is 11.4. The summed E-state index contributed by atoms with van der Waals surface area (Å²) in [5.41, 5.74) is 5.62. The van der Waals surface area contributed by atoms with Crippen LogP contribution < -0.4 is 5.73 Å². The molecule has 0 saturated carbocycles. The maximum atomic E-state index is 11.5. The molecule has 0 radical (unpaired) electrons. The molecule has 1 heterocycles. The lowest BCUT2D eigenvalue weighted by Crippen LogP contribution is -2.31. The number of nitrogens with zero attached hydrogens (tertiary/aromatic N) is 1. The smallest absolute Gasteiger partial charge is 0.232 e. The minimum absolute atomic E-state index is 0.0132. The Morgan fingerprint density at radius 1 is 1.47 bits per heavy atom. The quantitative estimate of drug-likeness (QED) is 0.544. The van der Waals surface area contributed by atoms with Gasteiger partial charge in [0.15, 0.2) is 0 Å². The van der Waals surface area contributed by atoms with Gasteiger partial charge in [-0.25, -0.2) is 0 Å². The van der Waals surface area contributed by atoms with Gasteiger partial charge in [0.25, 0.3) is 0 Å². The Kier molecular flexibility index (Phi) is 4.27. The van der Waals surface area contributed by atoms with Crippen molar-refractivity contribution in [1.29, 1.82) is 0 Å². The van der Waals surface area contributed by atoms with Crippen molar-refractivity contribution in [2.24, 2.45) is 11.7 Å². The molecule has 1 aliphatic heterocycles. The molecule has 0 spiro atoms. The van der Waals surface area contributed by atoms with Gasteiger partial charge >= 0.3 is 0 Å². The third kappa shape index (κ3) is 3.30. The van der Waals surface area contributed by atoms with Gasteiger partial charge in [-0.15, -0.1) is 0 Å². The van der Waals surface area contributed by atoms with Crippen LogP contribution >= 0.6 is 0 Å². The number of unbranched alkanes of at least 4 members (excludes halogenated alkanes) is 1. The highest BCUT2D eigenvalue weighted by Crippen LogP contribution is 2.19. The summed E-state index contributed by atoms with van der Waals surface area (Å²) >= 11 is 0. The van der Waals surface area contributed by atoms with Gasteiger partial charge in [0.1, 0.15) is 0 Å². The van der Waals surface area contributed by atoms with Gasteiger partial charge in [0.2, 0.25) is 11.8 Å². The molecular weight excluding hydrogens is 192 g/mol. The fraction of sp³-hybridized carbons (Fsp3) is 0.818. The Morgan fingerprint density at radius 3 is 2.60 bits per heavy atom. The molecule has 2 N–H and O–H groups in total. The van der Waals surface area contributed by atoms with E-state index in [1.807, 2.05) is 13.8 Å². The van der Waals surface area contributed by atoms with E-state index in [0.29, 0.717) is 13.0 Å². The molecule has 0 aromatic carbocycles. The van der Waals surface area contributed by atoms with Crippen LogP contribution in [0.4, 0.5) is 0 Å². The number of hydrogen-bond acceptors (Lipinski definition) is 3. The second kappa shape index (κ2) is 5.26. The SMILES string of the molecule is CC(N)CCCCN1C(=O)CC(C)C1=O. The van der Waals surface area contributed by atoms with E-state index in [1.165, 1.54) is 4.90 Å². The molecule has 2 atom stereocenters. The molecular formula is C11H20N2O2. The minimum atomic E-state index is -0.120. The third-order valence-corrected chi connectivity index (χ3v) is 2.76. The monoisotopic (exact) mass is 212 g/mol. The lowest BCUT2D eigenvalue weighted by Gasteiger charge is -2.14. The highest BCUT2D eigenvalue weighted by Gasteiger charge is 2.34. The second-order valence-corrected chi connectivity index (χ2v) is 4.46. The Morgan fingerprint density at radius 2 is 2.13 bits per heavy atom. The van der Waals surface area contributed by atoms with Crippen molar-refractivity contribution >= 4 is 11.8 Å². The van der Waals surface area contributed by atoms with E-state index in [2.05, 4.69) is 0 Å². The maximum absolute atomic E-state index is 11.5. The van der Waals surface area contributed by atoms with Crippen LogP contribution in [-0.2, 0) is 9.59 Å². The van der Waals surface area contributed by atoms with Crippen LogP contribution in [0.1, 0.15) is 39.5 Å². The lowest BCUT2D eigenvalue weighted by atomic mass is 10.1. The van der Waals surface area contributed by atoms with E-state index < -0.39 is 0 Å². The average molecular weight is 212 g/mol. The van der Waals surface area contributed by atoms with E-state index in [0.717, 1.165) is 19.3 Å². The van der Waals surface area contributed by atoms with Crippen LogP contribution in [0, 0.1) is 5.92 Å². The summed E-state index contributed by atoms with van der Waals surface area (Å²) in [5.74, 6) is -0.153. The zero-order valence-corrected chi connectivity index (χ0v) is 9.53. The van der Waals surface area contributed by atoms with Crippen molar-refractivity contribution in [3.8, 4) is 0 Å². The van der Waals surface area contributed by atoms with Crippen molar-refractivity contribution in [3.63, 3.8) is 0 Å². The average Bonchev–Trinajstić information content (AvgIpc) is 2.37. The van der Waals surface area contributed by atoms with E-state index in [4.69, 9.17) is 5.73 Å². The number of likely N-dealkylation sites (tertiary alicyclic amines) is 1. The first-order valence-corrected chi connectivity index (χ1v) is 5.62. The van der Waals surface area contributed by atoms with Crippen LogP contribution in [0.2, 0.25) is 0 Å². The molecule has 4 heteroatoms. The molecule has 1 rings (SSSR count). The molecule has 0 aliphatic carbocycles. The number of hydrogen-bond donors (Lipinski definition) is 1. The number of amides is 2. The highest BCUT2D eigenvalue weighted by molar-refractivity contribution is 6.03. The molecule has 0 bridgehead atoms. The molecule has 2 amide bonds. The largest absolute Gasteiger partial charge is 0.328 e. The van der Waals surface area contributed by atoms with Crippen molar-refractivity contribution in [1.82, 2.24) is 4.90 Å². The van der Waals surface area contributed by atoms with Gasteiger partial charge in [-0.1, -0.05) is 13.3 Å². The first kappa shape index (κ1) is 12.2. The number of rotatable bonds is 5. The number of carbonyl (C=O) groups is 2. The van der Waals surface area contributed by atoms with Gasteiger partial charge in [-0.2, -0.15) is 0 Å². The first-order valence-electron chi connectivity index (χ1n) is 5.62. The fourth-order valence-electron chi connectivity index (χ4n) is 1.82. The second-order valence-electron chi connectivity index (χ2n) is 4.46. The molecule has 1 aliphatic rings. The molecule has 86 valence electrons. The lowest BCUT2D eigenvalue weighted by molar-refractivity contribution is -0.139. The van der Waals surface area contributed by atoms with Crippen LogP contribution in [0.5, 0.6) is 0 Å². The summed E-state index contributed by atoms with van der Waals surface area (Å²) in [5, 5.41) is 0. The standard InChI is InChI=1S/C11H20N2O2/c1-8-7-10(14)13(11(8)15)6-4-3-5-9(2)12/h8-9H,3-7,12H2,1-2H3. The van der Waals surface area contributed by atoms with Gasteiger partial charge < -0.3 is 5.73 Å². The summed E-state index contributed by atoms with van der Waals surface area (Å²) < 4.78 is 0.